The summed E-state index contributed by atoms with van der Waals surface area (Å²) < 4.78 is 4.99. The standard InChI is InChI=1S/C24H22N4O4/c1-17(25-23(30)18-8-4-2-5-9-18)24(31)32-16-22(29)26-19-12-14-21(15-13-19)28-27-20-10-6-3-7-11-20/h2-15,17H,16H2,1H3,(H,25,30)(H,26,29). The number of anilines is 1. The molecular weight excluding hydrogens is 408 g/mol. The highest BCUT2D eigenvalue weighted by Crippen LogP contribution is 2.20. The second-order valence-corrected chi connectivity index (χ2v) is 6.80. The minimum atomic E-state index is -0.898. The molecule has 1 unspecified atom stereocenters. The summed E-state index contributed by atoms with van der Waals surface area (Å²) >= 11 is 0. The van der Waals surface area contributed by atoms with E-state index < -0.39 is 30.4 Å². The van der Waals surface area contributed by atoms with Crippen LogP contribution in [0.15, 0.2) is 95.2 Å². The molecule has 0 aliphatic carbocycles. The molecule has 3 aromatic carbocycles. The van der Waals surface area contributed by atoms with Crippen LogP contribution in [0.25, 0.3) is 0 Å². The van der Waals surface area contributed by atoms with Crippen LogP contribution in [0, 0.1) is 0 Å². The van der Waals surface area contributed by atoms with Crippen molar-refractivity contribution >= 4 is 34.8 Å². The molecule has 8 heteroatoms. The number of rotatable bonds is 8. The number of nitrogens with zero attached hydrogens (tertiary/aromatic N) is 2. The highest BCUT2D eigenvalue weighted by molar-refractivity contribution is 5.97. The van der Waals surface area contributed by atoms with Gasteiger partial charge in [-0.25, -0.2) is 4.79 Å². The Morgan fingerprint density at radius 2 is 1.38 bits per heavy atom. The van der Waals surface area contributed by atoms with Crippen molar-refractivity contribution in [2.45, 2.75) is 13.0 Å². The van der Waals surface area contributed by atoms with Gasteiger partial charge in [0.1, 0.15) is 6.04 Å². The number of nitrogens with one attached hydrogen (secondary N) is 2. The Kier molecular flexibility index (Phi) is 7.80. The summed E-state index contributed by atoms with van der Waals surface area (Å²) in [6.07, 6.45) is 0. The molecular formula is C24H22N4O4. The fourth-order valence-corrected chi connectivity index (χ4v) is 2.61. The van der Waals surface area contributed by atoms with Gasteiger partial charge in [0.25, 0.3) is 11.8 Å². The number of ether oxygens (including phenoxy) is 1. The average molecular weight is 430 g/mol. The van der Waals surface area contributed by atoms with Crippen LogP contribution in [0.2, 0.25) is 0 Å². The van der Waals surface area contributed by atoms with Gasteiger partial charge in [-0.1, -0.05) is 36.4 Å². The van der Waals surface area contributed by atoms with E-state index in [1.807, 2.05) is 30.3 Å². The van der Waals surface area contributed by atoms with Crippen LogP contribution in [-0.2, 0) is 14.3 Å². The van der Waals surface area contributed by atoms with E-state index >= 15 is 0 Å². The minimum Gasteiger partial charge on any atom is -0.454 e. The molecule has 3 aromatic rings. The van der Waals surface area contributed by atoms with Crippen molar-refractivity contribution in [2.75, 3.05) is 11.9 Å². The third-order valence-corrected chi connectivity index (χ3v) is 4.27. The molecule has 3 rings (SSSR count). The number of benzene rings is 3. The Balaban J connectivity index is 1.43. The molecule has 0 saturated carbocycles. The topological polar surface area (TPSA) is 109 Å². The first kappa shape index (κ1) is 22.4. The van der Waals surface area contributed by atoms with Crippen LogP contribution < -0.4 is 10.6 Å². The number of hydrogen-bond acceptors (Lipinski definition) is 6. The first-order chi connectivity index (χ1) is 15.5. The van der Waals surface area contributed by atoms with E-state index in [-0.39, 0.29) is 0 Å². The second kappa shape index (κ2) is 11.2. The van der Waals surface area contributed by atoms with Crippen LogP contribution in [0.1, 0.15) is 17.3 Å². The number of hydrogen-bond donors (Lipinski definition) is 2. The van der Waals surface area contributed by atoms with E-state index in [1.54, 1.807) is 54.6 Å². The first-order valence-corrected chi connectivity index (χ1v) is 9.90. The molecule has 0 bridgehead atoms. The van der Waals surface area contributed by atoms with Crippen molar-refractivity contribution in [2.24, 2.45) is 10.2 Å². The largest absolute Gasteiger partial charge is 0.454 e. The van der Waals surface area contributed by atoms with Gasteiger partial charge in [-0.3, -0.25) is 9.59 Å². The molecule has 0 radical (unpaired) electrons. The summed E-state index contributed by atoms with van der Waals surface area (Å²) in [5, 5.41) is 13.4. The van der Waals surface area contributed by atoms with Gasteiger partial charge in [0, 0.05) is 11.3 Å². The Morgan fingerprint density at radius 1 is 0.812 bits per heavy atom. The lowest BCUT2D eigenvalue weighted by Gasteiger charge is -2.13. The van der Waals surface area contributed by atoms with Crippen LogP contribution in [0.5, 0.6) is 0 Å². The number of amides is 2. The maximum atomic E-state index is 12.1. The second-order valence-electron chi connectivity index (χ2n) is 6.80. The fraction of sp³-hybridized carbons (Fsp3) is 0.125. The molecule has 0 aliphatic rings. The fourth-order valence-electron chi connectivity index (χ4n) is 2.61. The zero-order valence-electron chi connectivity index (χ0n) is 17.4. The Bertz CT molecular complexity index is 1080. The van der Waals surface area contributed by atoms with Crippen molar-refractivity contribution < 1.29 is 19.1 Å². The van der Waals surface area contributed by atoms with Crippen LogP contribution in [0.3, 0.4) is 0 Å². The highest BCUT2D eigenvalue weighted by atomic mass is 16.5. The molecule has 0 spiro atoms. The lowest BCUT2D eigenvalue weighted by atomic mass is 10.2. The van der Waals surface area contributed by atoms with E-state index in [1.165, 1.54) is 6.92 Å². The third kappa shape index (κ3) is 6.88. The van der Waals surface area contributed by atoms with Crippen molar-refractivity contribution in [3.63, 3.8) is 0 Å². The summed E-state index contributed by atoms with van der Waals surface area (Å²) in [4.78, 5) is 36.2. The summed E-state index contributed by atoms with van der Waals surface area (Å²) in [6, 6.07) is 23.7. The molecule has 0 heterocycles. The average Bonchev–Trinajstić information content (AvgIpc) is 2.83. The van der Waals surface area contributed by atoms with Crippen molar-refractivity contribution in [3.8, 4) is 0 Å². The molecule has 0 aliphatic heterocycles. The summed E-state index contributed by atoms with van der Waals surface area (Å²) in [5.41, 5.74) is 2.31. The Hall–Kier alpha value is -4.33. The lowest BCUT2D eigenvalue weighted by molar-refractivity contribution is -0.148. The van der Waals surface area contributed by atoms with E-state index in [0.29, 0.717) is 16.9 Å². The van der Waals surface area contributed by atoms with Crippen molar-refractivity contribution in [3.05, 3.63) is 90.5 Å². The quantitative estimate of drug-likeness (QED) is 0.408. The normalized spacial score (nSPS) is 11.5. The molecule has 2 amide bonds. The summed E-state index contributed by atoms with van der Waals surface area (Å²) in [6.45, 7) is 1.02. The van der Waals surface area contributed by atoms with E-state index in [2.05, 4.69) is 20.9 Å². The van der Waals surface area contributed by atoms with Gasteiger partial charge in [0.05, 0.1) is 11.4 Å². The first-order valence-electron chi connectivity index (χ1n) is 9.90. The molecule has 2 N–H and O–H groups in total. The number of carbonyl (C=O) groups is 3. The molecule has 8 nitrogen and oxygen atoms in total. The van der Waals surface area contributed by atoms with Crippen molar-refractivity contribution in [1.82, 2.24) is 5.32 Å². The van der Waals surface area contributed by atoms with Gasteiger partial charge in [0.2, 0.25) is 0 Å². The van der Waals surface area contributed by atoms with Gasteiger partial charge >= 0.3 is 5.97 Å². The van der Waals surface area contributed by atoms with Gasteiger partial charge < -0.3 is 15.4 Å². The molecule has 0 aromatic heterocycles. The van der Waals surface area contributed by atoms with E-state index in [9.17, 15) is 14.4 Å². The minimum absolute atomic E-state index is 0.399. The molecule has 162 valence electrons. The predicted molar refractivity (Wildman–Crippen MR) is 120 cm³/mol. The monoisotopic (exact) mass is 430 g/mol. The van der Waals surface area contributed by atoms with Crippen LogP contribution in [-0.4, -0.2) is 30.4 Å². The number of carbonyl (C=O) groups excluding carboxylic acids is 3. The Labute approximate surface area is 185 Å². The lowest BCUT2D eigenvalue weighted by Crippen LogP contribution is -2.40. The van der Waals surface area contributed by atoms with Gasteiger partial charge in [-0.2, -0.15) is 10.2 Å². The highest BCUT2D eigenvalue weighted by Gasteiger charge is 2.19. The summed E-state index contributed by atoms with van der Waals surface area (Å²) in [5.74, 6) is -1.61. The van der Waals surface area contributed by atoms with Gasteiger partial charge in [-0.15, -0.1) is 0 Å². The summed E-state index contributed by atoms with van der Waals surface area (Å²) in [7, 11) is 0. The Morgan fingerprint density at radius 3 is 2.00 bits per heavy atom. The SMILES string of the molecule is CC(NC(=O)c1ccccc1)C(=O)OCC(=O)Nc1ccc(N=Nc2ccccc2)cc1. The molecule has 0 saturated heterocycles. The van der Waals surface area contributed by atoms with Gasteiger partial charge in [-0.05, 0) is 55.5 Å². The number of esters is 1. The smallest absolute Gasteiger partial charge is 0.328 e. The van der Waals surface area contributed by atoms with Crippen LogP contribution >= 0.6 is 0 Å². The number of azo groups is 1. The maximum absolute atomic E-state index is 12.1. The molecule has 32 heavy (non-hydrogen) atoms. The third-order valence-electron chi connectivity index (χ3n) is 4.27. The zero-order chi connectivity index (χ0) is 22.8. The maximum Gasteiger partial charge on any atom is 0.328 e. The molecule has 1 atom stereocenters. The van der Waals surface area contributed by atoms with Crippen LogP contribution in [0.4, 0.5) is 17.1 Å². The van der Waals surface area contributed by atoms with E-state index in [4.69, 9.17) is 4.74 Å². The van der Waals surface area contributed by atoms with E-state index in [0.717, 1.165) is 5.69 Å². The predicted octanol–water partition coefficient (Wildman–Crippen LogP) is 4.40. The zero-order valence-corrected chi connectivity index (χ0v) is 17.4. The van der Waals surface area contributed by atoms with Gasteiger partial charge in [0.15, 0.2) is 6.61 Å². The van der Waals surface area contributed by atoms with Crippen molar-refractivity contribution in [1.29, 1.82) is 0 Å². The molecule has 0 fully saturated rings.